The second kappa shape index (κ2) is 9.16. The molecule has 7 heteroatoms. The summed E-state index contributed by atoms with van der Waals surface area (Å²) in [5, 5.41) is 9.76. The summed E-state index contributed by atoms with van der Waals surface area (Å²) in [6, 6.07) is 8.29. The summed E-state index contributed by atoms with van der Waals surface area (Å²) in [6.07, 6.45) is 4.42. The molecule has 2 atom stereocenters. The van der Waals surface area contributed by atoms with E-state index in [1.165, 1.54) is 5.56 Å². The Hall–Kier alpha value is -0.890. The van der Waals surface area contributed by atoms with E-state index in [2.05, 4.69) is 55.8 Å². The van der Waals surface area contributed by atoms with Gasteiger partial charge >= 0.3 is 0 Å². The molecule has 0 aliphatic carbocycles. The van der Waals surface area contributed by atoms with Gasteiger partial charge in [-0.05, 0) is 37.0 Å². The SMILES string of the molecule is CCCC(N)c1nnc(SCc2cccc(Br)c2)n1CC1CCCO1. The fraction of sp³-hybridized carbons (Fsp3) is 0.556. The number of thioether (sulfide) groups is 1. The molecular weight excluding hydrogens is 400 g/mol. The Kier molecular flexibility index (Phi) is 6.92. The van der Waals surface area contributed by atoms with Crippen LogP contribution in [0.1, 0.15) is 50.0 Å². The zero-order valence-corrected chi connectivity index (χ0v) is 16.9. The van der Waals surface area contributed by atoms with Gasteiger partial charge < -0.3 is 15.0 Å². The van der Waals surface area contributed by atoms with Crippen LogP contribution in [0.2, 0.25) is 0 Å². The summed E-state index contributed by atoms with van der Waals surface area (Å²) in [5.74, 6) is 1.74. The van der Waals surface area contributed by atoms with Gasteiger partial charge in [0.05, 0.1) is 18.7 Å². The summed E-state index contributed by atoms with van der Waals surface area (Å²) in [5.41, 5.74) is 7.60. The van der Waals surface area contributed by atoms with Crippen LogP contribution in [0.5, 0.6) is 0 Å². The maximum atomic E-state index is 6.34. The molecule has 1 aromatic carbocycles. The number of ether oxygens (including phenoxy) is 1. The number of aromatic nitrogens is 3. The van der Waals surface area contributed by atoms with Gasteiger partial charge in [-0.2, -0.15) is 0 Å². The lowest BCUT2D eigenvalue weighted by Crippen LogP contribution is -2.22. The van der Waals surface area contributed by atoms with Crippen molar-refractivity contribution < 1.29 is 4.74 Å². The second-order valence-corrected chi connectivity index (χ2v) is 8.26. The minimum Gasteiger partial charge on any atom is -0.376 e. The first-order chi connectivity index (χ1) is 12.2. The van der Waals surface area contributed by atoms with Crippen molar-refractivity contribution in [3.8, 4) is 0 Å². The summed E-state index contributed by atoms with van der Waals surface area (Å²) in [7, 11) is 0. The number of hydrogen-bond donors (Lipinski definition) is 1. The van der Waals surface area contributed by atoms with Crippen molar-refractivity contribution in [2.75, 3.05) is 6.61 Å². The Labute approximate surface area is 161 Å². The molecule has 1 fully saturated rings. The lowest BCUT2D eigenvalue weighted by atomic mass is 10.1. The molecule has 2 unspecified atom stereocenters. The fourth-order valence-corrected chi connectivity index (χ4v) is 4.40. The van der Waals surface area contributed by atoms with Crippen molar-refractivity contribution in [3.63, 3.8) is 0 Å². The Balaban J connectivity index is 1.76. The van der Waals surface area contributed by atoms with E-state index in [-0.39, 0.29) is 12.1 Å². The van der Waals surface area contributed by atoms with Gasteiger partial charge in [0.15, 0.2) is 11.0 Å². The van der Waals surface area contributed by atoms with E-state index >= 15 is 0 Å². The third-order valence-electron chi connectivity index (χ3n) is 4.34. The number of hydrogen-bond acceptors (Lipinski definition) is 5. The minimum absolute atomic E-state index is 0.0703. The average Bonchev–Trinajstić information content (AvgIpc) is 3.24. The largest absolute Gasteiger partial charge is 0.376 e. The van der Waals surface area contributed by atoms with Crippen LogP contribution >= 0.6 is 27.7 Å². The normalized spacial score (nSPS) is 18.6. The van der Waals surface area contributed by atoms with Crippen LogP contribution in [0.4, 0.5) is 0 Å². The summed E-state index contributed by atoms with van der Waals surface area (Å²) >= 11 is 5.23. The molecule has 3 rings (SSSR count). The number of rotatable bonds is 8. The molecule has 0 saturated carbocycles. The topological polar surface area (TPSA) is 66.0 Å². The molecule has 1 aliphatic heterocycles. The molecule has 1 aliphatic rings. The van der Waals surface area contributed by atoms with Crippen LogP contribution in [0.25, 0.3) is 0 Å². The van der Waals surface area contributed by atoms with Crippen molar-refractivity contribution >= 4 is 27.7 Å². The van der Waals surface area contributed by atoms with Gasteiger partial charge in [0, 0.05) is 16.8 Å². The lowest BCUT2D eigenvalue weighted by molar-refractivity contribution is 0.0938. The molecule has 2 heterocycles. The Bertz CT molecular complexity index is 687. The highest BCUT2D eigenvalue weighted by molar-refractivity contribution is 9.10. The first-order valence-electron chi connectivity index (χ1n) is 8.85. The van der Waals surface area contributed by atoms with Crippen LogP contribution < -0.4 is 5.73 Å². The monoisotopic (exact) mass is 424 g/mol. The van der Waals surface area contributed by atoms with E-state index in [9.17, 15) is 0 Å². The van der Waals surface area contributed by atoms with Crippen molar-refractivity contribution in [1.29, 1.82) is 0 Å². The van der Waals surface area contributed by atoms with Crippen LogP contribution in [-0.2, 0) is 17.0 Å². The first-order valence-corrected chi connectivity index (χ1v) is 10.6. The van der Waals surface area contributed by atoms with Gasteiger partial charge in [-0.1, -0.05) is 53.2 Å². The second-order valence-electron chi connectivity index (χ2n) is 6.40. The molecule has 5 nitrogen and oxygen atoms in total. The highest BCUT2D eigenvalue weighted by Gasteiger charge is 2.23. The van der Waals surface area contributed by atoms with E-state index in [1.54, 1.807) is 11.8 Å². The van der Waals surface area contributed by atoms with E-state index < -0.39 is 0 Å². The maximum absolute atomic E-state index is 6.34. The third kappa shape index (κ3) is 5.06. The molecule has 25 heavy (non-hydrogen) atoms. The van der Waals surface area contributed by atoms with E-state index in [0.29, 0.717) is 0 Å². The van der Waals surface area contributed by atoms with Crippen molar-refractivity contribution in [2.24, 2.45) is 5.73 Å². The van der Waals surface area contributed by atoms with E-state index in [1.807, 2.05) is 6.07 Å². The quantitative estimate of drug-likeness (QED) is 0.639. The number of halogens is 1. The van der Waals surface area contributed by atoms with Crippen LogP contribution in [0.3, 0.4) is 0 Å². The van der Waals surface area contributed by atoms with Crippen LogP contribution in [-0.4, -0.2) is 27.5 Å². The molecule has 136 valence electrons. The summed E-state index contributed by atoms with van der Waals surface area (Å²) in [6.45, 7) is 3.79. The van der Waals surface area contributed by atoms with Crippen molar-refractivity contribution in [2.45, 2.75) is 62.2 Å². The molecule has 0 bridgehead atoms. The van der Waals surface area contributed by atoms with Crippen LogP contribution in [0, 0.1) is 0 Å². The summed E-state index contributed by atoms with van der Waals surface area (Å²) in [4.78, 5) is 0. The molecule has 0 spiro atoms. The minimum atomic E-state index is -0.0703. The number of nitrogens with two attached hydrogens (primary N) is 1. The van der Waals surface area contributed by atoms with Gasteiger partial charge in [0.25, 0.3) is 0 Å². The highest BCUT2D eigenvalue weighted by atomic mass is 79.9. The average molecular weight is 425 g/mol. The van der Waals surface area contributed by atoms with Crippen molar-refractivity contribution in [3.05, 3.63) is 40.1 Å². The van der Waals surface area contributed by atoms with Gasteiger partial charge in [0.2, 0.25) is 0 Å². The Morgan fingerprint density at radius 3 is 3.04 bits per heavy atom. The maximum Gasteiger partial charge on any atom is 0.191 e. The predicted molar refractivity (Wildman–Crippen MR) is 105 cm³/mol. The number of benzene rings is 1. The third-order valence-corrected chi connectivity index (χ3v) is 5.88. The van der Waals surface area contributed by atoms with Gasteiger partial charge in [-0.3, -0.25) is 0 Å². The highest BCUT2D eigenvalue weighted by Crippen LogP contribution is 2.27. The van der Waals surface area contributed by atoms with E-state index in [0.717, 1.165) is 60.0 Å². The molecular formula is C18H25BrN4OS. The standard InChI is InChI=1S/C18H25BrN4OS/c1-2-5-16(20)17-21-22-18(23(17)11-15-8-4-9-24-15)25-12-13-6-3-7-14(19)10-13/h3,6-7,10,15-16H,2,4-5,8-9,11-12,20H2,1H3. The predicted octanol–water partition coefficient (Wildman–Crippen LogP) is 4.31. The Morgan fingerprint density at radius 2 is 2.32 bits per heavy atom. The Morgan fingerprint density at radius 1 is 1.44 bits per heavy atom. The van der Waals surface area contributed by atoms with E-state index in [4.69, 9.17) is 10.5 Å². The molecule has 2 aromatic rings. The molecule has 2 N–H and O–H groups in total. The van der Waals surface area contributed by atoms with Gasteiger partial charge in [-0.25, -0.2) is 0 Å². The molecule has 0 amide bonds. The summed E-state index contributed by atoms with van der Waals surface area (Å²) < 4.78 is 9.10. The molecule has 0 radical (unpaired) electrons. The zero-order valence-electron chi connectivity index (χ0n) is 14.5. The number of nitrogens with zero attached hydrogens (tertiary/aromatic N) is 3. The van der Waals surface area contributed by atoms with Crippen LogP contribution in [0.15, 0.2) is 33.9 Å². The van der Waals surface area contributed by atoms with Gasteiger partial charge in [-0.15, -0.1) is 10.2 Å². The first kappa shape index (κ1) is 18.9. The lowest BCUT2D eigenvalue weighted by Gasteiger charge is -2.17. The molecule has 1 aromatic heterocycles. The van der Waals surface area contributed by atoms with Crippen molar-refractivity contribution in [1.82, 2.24) is 14.8 Å². The smallest absolute Gasteiger partial charge is 0.191 e. The zero-order chi connectivity index (χ0) is 17.6. The fourth-order valence-electron chi connectivity index (χ4n) is 3.06. The molecule has 1 saturated heterocycles. The van der Waals surface area contributed by atoms with Gasteiger partial charge in [0.1, 0.15) is 0 Å².